The summed E-state index contributed by atoms with van der Waals surface area (Å²) in [6.07, 6.45) is 14.1. The highest BCUT2D eigenvalue weighted by Crippen LogP contribution is 2.67. The minimum atomic E-state index is -0.694. The SMILES string of the molecule is COc1cc(/C=C/C(=C(/C#N)C(N)=O)C2CC[C@H]3[C@@H]4CC=C5C[C@@H](OC(C)=O)CC[C@]5(C)[C@H]4CC[C@]23C)cc(OC)c1OC. The number of fused-ring (bicyclic) bond motifs is 5. The van der Waals surface area contributed by atoms with Crippen molar-refractivity contribution >= 4 is 18.0 Å². The Labute approximate surface area is 261 Å². The van der Waals surface area contributed by atoms with Crippen LogP contribution < -0.4 is 19.9 Å². The van der Waals surface area contributed by atoms with E-state index in [1.807, 2.05) is 24.3 Å². The Balaban J connectivity index is 1.47. The molecule has 5 rings (SSSR count). The molecule has 0 radical (unpaired) electrons. The van der Waals surface area contributed by atoms with Gasteiger partial charge in [0.25, 0.3) is 5.91 Å². The van der Waals surface area contributed by atoms with Crippen molar-refractivity contribution in [1.82, 2.24) is 0 Å². The molecule has 4 aliphatic rings. The van der Waals surface area contributed by atoms with Gasteiger partial charge in [-0.15, -0.1) is 0 Å². The van der Waals surface area contributed by atoms with Gasteiger partial charge in [0.2, 0.25) is 5.75 Å². The first-order chi connectivity index (χ1) is 21.0. The second-order valence-electron chi connectivity index (χ2n) is 13.5. The van der Waals surface area contributed by atoms with E-state index >= 15 is 0 Å². The van der Waals surface area contributed by atoms with Crippen molar-refractivity contribution in [3.05, 3.63) is 46.6 Å². The number of amides is 1. The second kappa shape index (κ2) is 12.3. The standard InChI is InChI=1S/C36H46N2O6/c1-21(39)44-24-13-15-35(2)23(19-24)8-10-26-29-12-11-28(36(29,3)16-14-30(26)35)25(27(20-37)34(38)40)9-7-22-17-31(41-4)33(43-6)32(18-22)42-5/h7-9,17-18,24,26,28-30H,10-16,19H2,1-6H3,(H2,38,40)/b9-7+,27-25+/t24-,26-,28?,29-,30-,35-,36+/m0/s1. The van der Waals surface area contributed by atoms with E-state index in [-0.39, 0.29) is 34.4 Å². The number of nitrogens with zero attached hydrogens (tertiary/aromatic N) is 1. The Kier molecular flexibility index (Phi) is 8.89. The molecule has 7 atom stereocenters. The van der Waals surface area contributed by atoms with E-state index in [0.717, 1.165) is 62.5 Å². The van der Waals surface area contributed by atoms with Crippen LogP contribution in [0, 0.1) is 45.8 Å². The number of primary amides is 1. The Bertz CT molecular complexity index is 1430. The van der Waals surface area contributed by atoms with Crippen molar-refractivity contribution < 1.29 is 28.5 Å². The molecule has 0 aliphatic heterocycles. The number of hydrogen-bond acceptors (Lipinski definition) is 7. The number of carbonyl (C=O) groups is 2. The normalized spacial score (nSPS) is 33.1. The van der Waals surface area contributed by atoms with Crippen molar-refractivity contribution in [2.45, 2.75) is 78.2 Å². The summed E-state index contributed by atoms with van der Waals surface area (Å²) in [5.41, 5.74) is 8.88. The Morgan fingerprint density at radius 1 is 1.00 bits per heavy atom. The van der Waals surface area contributed by atoms with Crippen molar-refractivity contribution in [1.29, 1.82) is 5.26 Å². The minimum absolute atomic E-state index is 0.0172. The highest BCUT2D eigenvalue weighted by atomic mass is 16.5. The average Bonchev–Trinajstić information content (AvgIpc) is 3.35. The van der Waals surface area contributed by atoms with Gasteiger partial charge in [-0.05, 0) is 103 Å². The van der Waals surface area contributed by atoms with Gasteiger partial charge in [0.05, 0.1) is 21.3 Å². The molecule has 0 spiro atoms. The van der Waals surface area contributed by atoms with Crippen LogP contribution >= 0.6 is 0 Å². The van der Waals surface area contributed by atoms with Crippen LogP contribution in [-0.4, -0.2) is 39.3 Å². The number of rotatable bonds is 8. The fourth-order valence-electron chi connectivity index (χ4n) is 9.49. The lowest BCUT2D eigenvalue weighted by molar-refractivity contribution is -0.148. The monoisotopic (exact) mass is 602 g/mol. The first kappa shape index (κ1) is 31.7. The summed E-state index contributed by atoms with van der Waals surface area (Å²) < 4.78 is 22.2. The van der Waals surface area contributed by atoms with Gasteiger partial charge in [-0.1, -0.05) is 37.6 Å². The van der Waals surface area contributed by atoms with E-state index in [4.69, 9.17) is 24.7 Å². The van der Waals surface area contributed by atoms with Crippen LogP contribution in [0.15, 0.2) is 41.0 Å². The van der Waals surface area contributed by atoms with Gasteiger partial charge in [0.15, 0.2) is 11.5 Å². The summed E-state index contributed by atoms with van der Waals surface area (Å²) in [7, 11) is 4.70. The Hall–Kier alpha value is -3.73. The first-order valence-corrected chi connectivity index (χ1v) is 15.8. The lowest BCUT2D eigenvalue weighted by Crippen LogP contribution is -2.50. The smallest absolute Gasteiger partial charge is 0.302 e. The number of benzene rings is 1. The second-order valence-corrected chi connectivity index (χ2v) is 13.5. The van der Waals surface area contributed by atoms with Gasteiger partial charge in [-0.3, -0.25) is 9.59 Å². The fourth-order valence-corrected chi connectivity index (χ4v) is 9.49. The summed E-state index contributed by atoms with van der Waals surface area (Å²) in [6.45, 7) is 6.30. The highest BCUT2D eigenvalue weighted by Gasteiger charge is 2.59. The summed E-state index contributed by atoms with van der Waals surface area (Å²) >= 11 is 0. The largest absolute Gasteiger partial charge is 0.493 e. The molecule has 3 fully saturated rings. The number of methoxy groups -OCH3 is 3. The average molecular weight is 603 g/mol. The minimum Gasteiger partial charge on any atom is -0.493 e. The van der Waals surface area contributed by atoms with Crippen LogP contribution in [0.1, 0.15) is 77.7 Å². The molecule has 1 aromatic rings. The molecule has 2 N–H and O–H groups in total. The van der Waals surface area contributed by atoms with E-state index < -0.39 is 5.91 Å². The maximum atomic E-state index is 12.6. The lowest BCUT2D eigenvalue weighted by atomic mass is 9.47. The van der Waals surface area contributed by atoms with E-state index in [9.17, 15) is 14.9 Å². The van der Waals surface area contributed by atoms with Crippen LogP contribution in [0.5, 0.6) is 17.2 Å². The third-order valence-corrected chi connectivity index (χ3v) is 11.6. The number of ether oxygens (including phenoxy) is 4. The number of nitrogens with two attached hydrogens (primary N) is 1. The molecule has 0 bridgehead atoms. The van der Waals surface area contributed by atoms with Gasteiger partial charge in [0.1, 0.15) is 17.7 Å². The van der Waals surface area contributed by atoms with Crippen molar-refractivity contribution in [3.8, 4) is 23.3 Å². The molecule has 44 heavy (non-hydrogen) atoms. The van der Waals surface area contributed by atoms with Crippen molar-refractivity contribution in [3.63, 3.8) is 0 Å². The third-order valence-electron chi connectivity index (χ3n) is 11.6. The van der Waals surface area contributed by atoms with Crippen LogP contribution in [0.2, 0.25) is 0 Å². The van der Waals surface area contributed by atoms with Gasteiger partial charge >= 0.3 is 5.97 Å². The third kappa shape index (κ3) is 5.39. The Morgan fingerprint density at radius 3 is 2.30 bits per heavy atom. The van der Waals surface area contributed by atoms with Gasteiger partial charge < -0.3 is 24.7 Å². The van der Waals surface area contributed by atoms with Gasteiger partial charge in [-0.2, -0.15) is 5.26 Å². The molecular formula is C36H46N2O6. The molecule has 0 saturated heterocycles. The molecule has 8 nitrogen and oxygen atoms in total. The van der Waals surface area contributed by atoms with E-state index in [1.54, 1.807) is 21.3 Å². The number of allylic oxidation sites excluding steroid dienone is 3. The predicted octanol–water partition coefficient (Wildman–Crippen LogP) is 6.54. The molecule has 8 heteroatoms. The molecule has 1 aromatic carbocycles. The highest BCUT2D eigenvalue weighted by molar-refractivity contribution is 5.97. The fraction of sp³-hybridized carbons (Fsp3) is 0.583. The van der Waals surface area contributed by atoms with E-state index in [0.29, 0.717) is 35.0 Å². The first-order valence-electron chi connectivity index (χ1n) is 15.8. The van der Waals surface area contributed by atoms with Crippen molar-refractivity contribution in [2.24, 2.45) is 40.2 Å². The van der Waals surface area contributed by atoms with Crippen LogP contribution in [-0.2, 0) is 14.3 Å². The number of nitriles is 1. The number of carbonyl (C=O) groups excluding carboxylic acids is 2. The van der Waals surface area contributed by atoms with Gasteiger partial charge in [0, 0.05) is 13.3 Å². The summed E-state index contributed by atoms with van der Waals surface area (Å²) in [4.78, 5) is 24.3. The van der Waals surface area contributed by atoms with Crippen LogP contribution in [0.25, 0.3) is 6.08 Å². The topological polar surface area (TPSA) is 121 Å². The van der Waals surface area contributed by atoms with E-state index in [2.05, 4.69) is 26.0 Å². The molecule has 3 saturated carbocycles. The summed E-state index contributed by atoms with van der Waals surface area (Å²) in [6, 6.07) is 5.84. The molecule has 0 aromatic heterocycles. The van der Waals surface area contributed by atoms with E-state index in [1.165, 1.54) is 12.5 Å². The Morgan fingerprint density at radius 2 is 1.70 bits per heavy atom. The number of esters is 1. The summed E-state index contributed by atoms with van der Waals surface area (Å²) in [5, 5.41) is 10.1. The molecule has 1 amide bonds. The maximum absolute atomic E-state index is 12.6. The lowest BCUT2D eigenvalue weighted by Gasteiger charge is -2.58. The molecule has 0 heterocycles. The zero-order chi connectivity index (χ0) is 31.8. The molecule has 236 valence electrons. The molecule has 4 aliphatic carbocycles. The predicted molar refractivity (Wildman–Crippen MR) is 168 cm³/mol. The quantitative estimate of drug-likeness (QED) is 0.118. The van der Waals surface area contributed by atoms with Gasteiger partial charge in [-0.25, -0.2) is 0 Å². The zero-order valence-corrected chi connectivity index (χ0v) is 26.9. The van der Waals surface area contributed by atoms with Crippen LogP contribution in [0.3, 0.4) is 0 Å². The number of hydrogen-bond donors (Lipinski definition) is 1. The molecule has 1 unspecified atom stereocenters. The van der Waals surface area contributed by atoms with Crippen LogP contribution in [0.4, 0.5) is 0 Å². The molecular weight excluding hydrogens is 556 g/mol. The maximum Gasteiger partial charge on any atom is 0.302 e. The summed E-state index contributed by atoms with van der Waals surface area (Å²) in [5.74, 6) is 2.28. The zero-order valence-electron chi connectivity index (χ0n) is 26.9. The van der Waals surface area contributed by atoms with Crippen molar-refractivity contribution in [2.75, 3.05) is 21.3 Å².